The van der Waals surface area contributed by atoms with Gasteiger partial charge >= 0.3 is 0 Å². The molecular formula is C28H35NO2. The molecule has 0 heterocycles. The van der Waals surface area contributed by atoms with Crippen LogP contribution in [-0.4, -0.2) is 24.2 Å². The molecule has 1 atom stereocenters. The highest BCUT2D eigenvalue weighted by atomic mass is 16.5. The van der Waals surface area contributed by atoms with Gasteiger partial charge in [0.25, 0.3) is 0 Å². The molecule has 2 aromatic rings. The third-order valence-corrected chi connectivity index (χ3v) is 7.81. The summed E-state index contributed by atoms with van der Waals surface area (Å²) < 4.78 is 6.66. The smallest absolute Gasteiger partial charge is 0.221 e. The van der Waals surface area contributed by atoms with Crippen molar-refractivity contribution in [2.75, 3.05) is 6.54 Å². The average molecular weight is 418 g/mol. The first kappa shape index (κ1) is 20.8. The van der Waals surface area contributed by atoms with Crippen LogP contribution < -0.4 is 5.32 Å². The van der Waals surface area contributed by atoms with Gasteiger partial charge in [0, 0.05) is 18.9 Å². The van der Waals surface area contributed by atoms with Gasteiger partial charge in [-0.1, -0.05) is 60.7 Å². The van der Waals surface area contributed by atoms with E-state index in [9.17, 15) is 4.79 Å². The van der Waals surface area contributed by atoms with Crippen molar-refractivity contribution in [3.05, 3.63) is 71.8 Å². The summed E-state index contributed by atoms with van der Waals surface area (Å²) in [7, 11) is 0. The lowest BCUT2D eigenvalue weighted by Gasteiger charge is -2.57. The van der Waals surface area contributed by atoms with Crippen LogP contribution in [0.25, 0.3) is 0 Å². The van der Waals surface area contributed by atoms with Gasteiger partial charge in [-0.3, -0.25) is 4.79 Å². The van der Waals surface area contributed by atoms with E-state index in [1.165, 1.54) is 49.7 Å². The Balaban J connectivity index is 1.18. The fourth-order valence-corrected chi connectivity index (χ4v) is 6.96. The topological polar surface area (TPSA) is 38.3 Å². The van der Waals surface area contributed by atoms with E-state index in [2.05, 4.69) is 36.5 Å². The lowest BCUT2D eigenvalue weighted by molar-refractivity contribution is -0.183. The number of hydrogen-bond acceptors (Lipinski definition) is 2. The first-order valence-corrected chi connectivity index (χ1v) is 12.1. The van der Waals surface area contributed by atoms with Crippen LogP contribution in [0.1, 0.15) is 68.9 Å². The normalized spacial score (nSPS) is 29.8. The van der Waals surface area contributed by atoms with E-state index in [1.807, 2.05) is 36.4 Å². The molecule has 0 spiro atoms. The summed E-state index contributed by atoms with van der Waals surface area (Å²) in [6, 6.07) is 20.7. The van der Waals surface area contributed by atoms with E-state index in [-0.39, 0.29) is 23.5 Å². The number of hydrogen-bond donors (Lipinski definition) is 1. The fourth-order valence-electron chi connectivity index (χ4n) is 6.96. The second kappa shape index (κ2) is 8.78. The number of rotatable bonds is 8. The van der Waals surface area contributed by atoms with Gasteiger partial charge < -0.3 is 10.1 Å². The second-order valence-electron chi connectivity index (χ2n) is 10.4. The molecule has 1 N–H and O–H groups in total. The predicted octanol–water partition coefficient (Wildman–Crippen LogP) is 5.70. The first-order valence-electron chi connectivity index (χ1n) is 12.1. The number of carbonyl (C=O) groups is 1. The van der Waals surface area contributed by atoms with Crippen molar-refractivity contribution in [1.82, 2.24) is 5.32 Å². The molecule has 1 amide bonds. The summed E-state index contributed by atoms with van der Waals surface area (Å²) >= 11 is 0. The summed E-state index contributed by atoms with van der Waals surface area (Å²) in [4.78, 5) is 12.9. The van der Waals surface area contributed by atoms with E-state index < -0.39 is 0 Å². The van der Waals surface area contributed by atoms with Crippen molar-refractivity contribution < 1.29 is 9.53 Å². The summed E-state index contributed by atoms with van der Waals surface area (Å²) in [5.41, 5.74) is 2.46. The number of ether oxygens (including phenoxy) is 1. The minimum Gasteiger partial charge on any atom is -0.370 e. The molecule has 3 nitrogen and oxygen atoms in total. The molecule has 4 fully saturated rings. The Bertz CT molecular complexity index is 804. The van der Waals surface area contributed by atoms with Crippen molar-refractivity contribution in [3.8, 4) is 0 Å². The van der Waals surface area contributed by atoms with Crippen LogP contribution in [-0.2, 0) is 9.53 Å². The average Bonchev–Trinajstić information content (AvgIpc) is 2.76. The highest BCUT2D eigenvalue weighted by Crippen LogP contribution is 2.57. The summed E-state index contributed by atoms with van der Waals surface area (Å²) in [6.45, 7) is 2.72. The van der Waals surface area contributed by atoms with E-state index >= 15 is 0 Å². The number of carbonyl (C=O) groups excluding carboxylic acids is 1. The van der Waals surface area contributed by atoms with Gasteiger partial charge in [0.15, 0.2) is 0 Å². The molecule has 3 heteroatoms. The Hall–Kier alpha value is -2.13. The molecule has 0 aliphatic heterocycles. The van der Waals surface area contributed by atoms with Crippen LogP contribution in [0.4, 0.5) is 0 Å². The minimum absolute atomic E-state index is 0.0621. The van der Waals surface area contributed by atoms with Crippen molar-refractivity contribution in [2.45, 2.75) is 69.5 Å². The minimum atomic E-state index is 0.0621. The Kier molecular flexibility index (Phi) is 5.88. The largest absolute Gasteiger partial charge is 0.370 e. The number of amides is 1. The molecule has 4 bridgehead atoms. The van der Waals surface area contributed by atoms with Gasteiger partial charge in [0.2, 0.25) is 5.91 Å². The summed E-state index contributed by atoms with van der Waals surface area (Å²) in [5, 5.41) is 3.17. The van der Waals surface area contributed by atoms with Crippen LogP contribution >= 0.6 is 0 Å². The van der Waals surface area contributed by atoms with E-state index in [1.54, 1.807) is 0 Å². The maximum atomic E-state index is 12.9. The Labute approximate surface area is 186 Å². The molecule has 0 unspecified atom stereocenters. The summed E-state index contributed by atoms with van der Waals surface area (Å²) in [5.74, 6) is 2.81. The van der Waals surface area contributed by atoms with Crippen LogP contribution in [0.3, 0.4) is 0 Å². The van der Waals surface area contributed by atoms with Crippen LogP contribution in [0.15, 0.2) is 60.7 Å². The molecule has 164 valence electrons. The summed E-state index contributed by atoms with van der Waals surface area (Å²) in [6.07, 6.45) is 8.51. The fraction of sp³-hybridized carbons (Fsp3) is 0.536. The number of benzene rings is 2. The second-order valence-corrected chi connectivity index (χ2v) is 10.4. The van der Waals surface area contributed by atoms with E-state index in [0.717, 1.165) is 17.8 Å². The van der Waals surface area contributed by atoms with Gasteiger partial charge in [0.05, 0.1) is 11.7 Å². The molecule has 4 aliphatic carbocycles. The Morgan fingerprint density at radius 1 is 0.903 bits per heavy atom. The van der Waals surface area contributed by atoms with Gasteiger partial charge in [-0.15, -0.1) is 0 Å². The molecule has 0 radical (unpaired) electrons. The zero-order chi connectivity index (χ0) is 21.3. The third kappa shape index (κ3) is 4.72. The van der Waals surface area contributed by atoms with Crippen molar-refractivity contribution in [2.24, 2.45) is 17.8 Å². The maximum absolute atomic E-state index is 12.9. The molecule has 2 aromatic carbocycles. The molecule has 31 heavy (non-hydrogen) atoms. The molecule has 6 rings (SSSR count). The predicted molar refractivity (Wildman–Crippen MR) is 124 cm³/mol. The van der Waals surface area contributed by atoms with Crippen LogP contribution in [0, 0.1) is 17.8 Å². The molecular weight excluding hydrogens is 382 g/mol. The highest BCUT2D eigenvalue weighted by molar-refractivity contribution is 5.77. The first-order chi connectivity index (χ1) is 15.1. The quantitative estimate of drug-likeness (QED) is 0.598. The lowest BCUT2D eigenvalue weighted by atomic mass is 9.54. The van der Waals surface area contributed by atoms with Gasteiger partial charge in [-0.05, 0) is 74.3 Å². The van der Waals surface area contributed by atoms with E-state index in [4.69, 9.17) is 4.74 Å². The van der Waals surface area contributed by atoms with Crippen molar-refractivity contribution in [3.63, 3.8) is 0 Å². The number of nitrogens with one attached hydrogen (secondary N) is 1. The standard InChI is InChI=1S/C28H35NO2/c1-20(31-28-16-21-12-22(17-28)14-23(13-21)18-28)19-29-27(30)15-26(24-8-4-2-5-9-24)25-10-6-3-7-11-25/h2-11,20-23,26H,12-19H2,1H3,(H,29,30)/t20-,21?,22?,23?,28?/m0/s1. The molecule has 0 aromatic heterocycles. The Morgan fingerprint density at radius 2 is 1.39 bits per heavy atom. The van der Waals surface area contributed by atoms with E-state index in [0.29, 0.717) is 13.0 Å². The molecule has 4 saturated carbocycles. The molecule has 0 saturated heterocycles. The zero-order valence-electron chi connectivity index (χ0n) is 18.6. The SMILES string of the molecule is C[C@@H](CNC(=O)CC(c1ccccc1)c1ccccc1)OC12CC3CC(CC(C3)C1)C2. The van der Waals surface area contributed by atoms with Crippen LogP contribution in [0.2, 0.25) is 0 Å². The van der Waals surface area contributed by atoms with Gasteiger partial charge in [-0.2, -0.15) is 0 Å². The monoisotopic (exact) mass is 417 g/mol. The van der Waals surface area contributed by atoms with Crippen molar-refractivity contribution in [1.29, 1.82) is 0 Å². The zero-order valence-corrected chi connectivity index (χ0v) is 18.6. The Morgan fingerprint density at radius 3 is 1.87 bits per heavy atom. The lowest BCUT2D eigenvalue weighted by Crippen LogP contribution is -2.54. The highest BCUT2D eigenvalue weighted by Gasteiger charge is 2.52. The van der Waals surface area contributed by atoms with Crippen molar-refractivity contribution >= 4 is 5.91 Å². The third-order valence-electron chi connectivity index (χ3n) is 7.81. The molecule has 4 aliphatic rings. The van der Waals surface area contributed by atoms with Crippen LogP contribution in [0.5, 0.6) is 0 Å². The van der Waals surface area contributed by atoms with Gasteiger partial charge in [0.1, 0.15) is 0 Å². The maximum Gasteiger partial charge on any atom is 0.221 e. The van der Waals surface area contributed by atoms with Gasteiger partial charge in [-0.25, -0.2) is 0 Å².